The van der Waals surface area contributed by atoms with Crippen LogP contribution in [0.15, 0.2) is 36.5 Å². The Morgan fingerprint density at radius 2 is 1.88 bits per heavy atom. The maximum atomic E-state index is 12.6. The molecule has 1 saturated carbocycles. The van der Waals surface area contributed by atoms with Crippen molar-refractivity contribution in [2.75, 3.05) is 32.7 Å². The standard InChI is InChI=1S/C18H23N5O2/c24-17(14-6-7-14)13-21-8-10-22(11-9-21)18(25)16-12-19-23(20-16)15-4-2-1-3-5-15/h1-5,12,14,17,24H,6-11,13H2/t17-/m0/s1. The van der Waals surface area contributed by atoms with Crippen molar-refractivity contribution in [1.29, 1.82) is 0 Å². The van der Waals surface area contributed by atoms with Crippen LogP contribution in [0.4, 0.5) is 0 Å². The van der Waals surface area contributed by atoms with Gasteiger partial charge in [0.15, 0.2) is 5.69 Å². The molecule has 1 saturated heterocycles. The lowest BCUT2D eigenvalue weighted by molar-refractivity contribution is 0.0484. The van der Waals surface area contributed by atoms with Crippen molar-refractivity contribution in [2.24, 2.45) is 5.92 Å². The fourth-order valence-electron chi connectivity index (χ4n) is 3.24. The Kier molecular flexibility index (Phi) is 4.50. The third-order valence-corrected chi connectivity index (χ3v) is 4.97. The van der Waals surface area contributed by atoms with E-state index in [1.54, 1.807) is 0 Å². The highest BCUT2D eigenvalue weighted by atomic mass is 16.3. The molecule has 2 fully saturated rings. The molecular formula is C18H23N5O2. The van der Waals surface area contributed by atoms with Gasteiger partial charge in [-0.2, -0.15) is 9.90 Å². The number of β-amino-alcohol motifs (C(OH)–C–C–N with tert-alkyl or cyclic N) is 1. The summed E-state index contributed by atoms with van der Waals surface area (Å²) in [4.78, 5) is 18.2. The van der Waals surface area contributed by atoms with Gasteiger partial charge in [-0.1, -0.05) is 18.2 Å². The minimum atomic E-state index is -0.215. The molecule has 1 aromatic heterocycles. The SMILES string of the molecule is O=C(c1cnn(-c2ccccc2)n1)N1CCN(C[C@H](O)C2CC2)CC1. The summed E-state index contributed by atoms with van der Waals surface area (Å²) in [6, 6.07) is 9.56. The van der Waals surface area contributed by atoms with Gasteiger partial charge in [-0.05, 0) is 30.9 Å². The summed E-state index contributed by atoms with van der Waals surface area (Å²) in [6.45, 7) is 3.63. The molecule has 7 nitrogen and oxygen atoms in total. The third-order valence-electron chi connectivity index (χ3n) is 4.97. The Hall–Kier alpha value is -2.25. The predicted octanol–water partition coefficient (Wildman–Crippen LogP) is 0.796. The predicted molar refractivity (Wildman–Crippen MR) is 92.4 cm³/mol. The van der Waals surface area contributed by atoms with Crippen LogP contribution >= 0.6 is 0 Å². The Bertz CT molecular complexity index is 720. The summed E-state index contributed by atoms with van der Waals surface area (Å²) in [5.41, 5.74) is 1.20. The highest BCUT2D eigenvalue weighted by molar-refractivity contribution is 5.92. The zero-order chi connectivity index (χ0) is 17.2. The van der Waals surface area contributed by atoms with Crippen molar-refractivity contribution in [3.8, 4) is 5.69 Å². The summed E-state index contributed by atoms with van der Waals surface area (Å²) in [6.07, 6.45) is 3.61. The molecule has 2 aliphatic rings. The van der Waals surface area contributed by atoms with E-state index in [2.05, 4.69) is 15.1 Å². The first-order valence-electron chi connectivity index (χ1n) is 8.88. The summed E-state index contributed by atoms with van der Waals surface area (Å²) in [7, 11) is 0. The third kappa shape index (κ3) is 3.72. The highest BCUT2D eigenvalue weighted by Crippen LogP contribution is 2.32. The normalized spacial score (nSPS) is 19.8. The molecule has 1 N–H and O–H groups in total. The first kappa shape index (κ1) is 16.2. The van der Waals surface area contributed by atoms with Gasteiger partial charge in [0.25, 0.3) is 5.91 Å². The second-order valence-corrected chi connectivity index (χ2v) is 6.85. The zero-order valence-electron chi connectivity index (χ0n) is 14.2. The molecule has 1 aromatic carbocycles. The second kappa shape index (κ2) is 6.93. The lowest BCUT2D eigenvalue weighted by Gasteiger charge is -2.35. The van der Waals surface area contributed by atoms with Crippen LogP contribution in [-0.4, -0.2) is 74.6 Å². The van der Waals surface area contributed by atoms with E-state index in [0.717, 1.165) is 38.2 Å². The van der Waals surface area contributed by atoms with E-state index < -0.39 is 0 Å². The van der Waals surface area contributed by atoms with Crippen LogP contribution in [0.5, 0.6) is 0 Å². The van der Waals surface area contributed by atoms with E-state index >= 15 is 0 Å². The Labute approximate surface area is 146 Å². The van der Waals surface area contributed by atoms with E-state index in [9.17, 15) is 9.90 Å². The van der Waals surface area contributed by atoms with Crippen molar-refractivity contribution < 1.29 is 9.90 Å². The molecule has 1 amide bonds. The van der Waals surface area contributed by atoms with Crippen molar-refractivity contribution in [1.82, 2.24) is 24.8 Å². The van der Waals surface area contributed by atoms with E-state index in [0.29, 0.717) is 24.7 Å². The monoisotopic (exact) mass is 341 g/mol. The van der Waals surface area contributed by atoms with E-state index in [-0.39, 0.29) is 12.0 Å². The van der Waals surface area contributed by atoms with Gasteiger partial charge in [0, 0.05) is 32.7 Å². The average molecular weight is 341 g/mol. The van der Waals surface area contributed by atoms with Gasteiger partial charge in [-0.25, -0.2) is 0 Å². The number of amides is 1. The molecule has 0 spiro atoms. The number of aliphatic hydroxyl groups is 1. The molecule has 4 rings (SSSR count). The number of carbonyl (C=O) groups is 1. The highest BCUT2D eigenvalue weighted by Gasteiger charge is 2.32. The van der Waals surface area contributed by atoms with Gasteiger partial charge >= 0.3 is 0 Å². The molecule has 2 aromatic rings. The van der Waals surface area contributed by atoms with Crippen LogP contribution in [-0.2, 0) is 0 Å². The molecule has 2 heterocycles. The molecule has 132 valence electrons. The summed E-state index contributed by atoms with van der Waals surface area (Å²) >= 11 is 0. The van der Waals surface area contributed by atoms with Gasteiger partial charge in [-0.3, -0.25) is 9.69 Å². The number of benzene rings is 1. The van der Waals surface area contributed by atoms with E-state index in [1.807, 2.05) is 35.2 Å². The molecule has 0 bridgehead atoms. The first-order chi connectivity index (χ1) is 12.2. The number of para-hydroxylation sites is 1. The molecule has 1 atom stereocenters. The van der Waals surface area contributed by atoms with Gasteiger partial charge in [0.2, 0.25) is 0 Å². The zero-order valence-corrected chi connectivity index (χ0v) is 14.2. The van der Waals surface area contributed by atoms with Gasteiger partial charge < -0.3 is 10.0 Å². The minimum absolute atomic E-state index is 0.0791. The topological polar surface area (TPSA) is 74.5 Å². The minimum Gasteiger partial charge on any atom is -0.392 e. The molecule has 25 heavy (non-hydrogen) atoms. The number of aliphatic hydroxyl groups excluding tert-OH is 1. The lowest BCUT2D eigenvalue weighted by Crippen LogP contribution is -2.50. The van der Waals surface area contributed by atoms with Crippen molar-refractivity contribution in [2.45, 2.75) is 18.9 Å². The quantitative estimate of drug-likeness (QED) is 0.871. The van der Waals surface area contributed by atoms with Crippen molar-refractivity contribution in [3.05, 3.63) is 42.2 Å². The fourth-order valence-corrected chi connectivity index (χ4v) is 3.24. The Balaban J connectivity index is 1.34. The Morgan fingerprint density at radius 1 is 1.16 bits per heavy atom. The molecule has 0 radical (unpaired) electrons. The van der Waals surface area contributed by atoms with Crippen LogP contribution in [0.2, 0.25) is 0 Å². The van der Waals surface area contributed by atoms with Gasteiger partial charge in [0.05, 0.1) is 18.0 Å². The number of hydrogen-bond acceptors (Lipinski definition) is 5. The first-order valence-corrected chi connectivity index (χ1v) is 8.88. The van der Waals surface area contributed by atoms with Gasteiger partial charge in [-0.15, -0.1) is 5.10 Å². The van der Waals surface area contributed by atoms with Crippen LogP contribution < -0.4 is 0 Å². The van der Waals surface area contributed by atoms with Crippen LogP contribution in [0, 0.1) is 5.92 Å². The van der Waals surface area contributed by atoms with E-state index in [4.69, 9.17) is 0 Å². The number of hydrogen-bond donors (Lipinski definition) is 1. The summed E-state index contributed by atoms with van der Waals surface area (Å²) < 4.78 is 0. The number of piperazine rings is 1. The van der Waals surface area contributed by atoms with E-state index in [1.165, 1.54) is 11.0 Å². The smallest absolute Gasteiger partial charge is 0.276 e. The summed E-state index contributed by atoms with van der Waals surface area (Å²) in [5, 5.41) is 18.6. The summed E-state index contributed by atoms with van der Waals surface area (Å²) in [5.74, 6) is 0.414. The van der Waals surface area contributed by atoms with Crippen LogP contribution in [0.3, 0.4) is 0 Å². The second-order valence-electron chi connectivity index (χ2n) is 6.85. The molecule has 0 unspecified atom stereocenters. The molecule has 7 heteroatoms. The molecule has 1 aliphatic carbocycles. The molecular weight excluding hydrogens is 318 g/mol. The molecule has 1 aliphatic heterocycles. The number of rotatable bonds is 5. The van der Waals surface area contributed by atoms with Crippen LogP contribution in [0.1, 0.15) is 23.3 Å². The van der Waals surface area contributed by atoms with Crippen molar-refractivity contribution in [3.63, 3.8) is 0 Å². The number of carbonyl (C=O) groups excluding carboxylic acids is 1. The van der Waals surface area contributed by atoms with Crippen molar-refractivity contribution >= 4 is 5.91 Å². The number of nitrogens with zero attached hydrogens (tertiary/aromatic N) is 5. The maximum Gasteiger partial charge on any atom is 0.276 e. The lowest BCUT2D eigenvalue weighted by atomic mass is 10.2. The Morgan fingerprint density at radius 3 is 2.56 bits per heavy atom. The average Bonchev–Trinajstić information content (AvgIpc) is 3.39. The maximum absolute atomic E-state index is 12.6. The number of aromatic nitrogens is 3. The van der Waals surface area contributed by atoms with Gasteiger partial charge in [0.1, 0.15) is 0 Å². The fraction of sp³-hybridized carbons (Fsp3) is 0.500. The largest absolute Gasteiger partial charge is 0.392 e. The van der Waals surface area contributed by atoms with Crippen LogP contribution in [0.25, 0.3) is 5.69 Å².